The first-order valence-electron chi connectivity index (χ1n) is 10.3. The summed E-state index contributed by atoms with van der Waals surface area (Å²) in [4.78, 5) is 50.0. The van der Waals surface area contributed by atoms with Gasteiger partial charge in [0.15, 0.2) is 0 Å². The minimum Gasteiger partial charge on any atom is -0.545 e. The van der Waals surface area contributed by atoms with E-state index in [0.717, 1.165) is 27.8 Å². The van der Waals surface area contributed by atoms with E-state index in [4.69, 9.17) is 0 Å². The van der Waals surface area contributed by atoms with E-state index in [2.05, 4.69) is 5.32 Å². The molecule has 0 aliphatic carbocycles. The quantitative estimate of drug-likeness (QED) is 0.550. The van der Waals surface area contributed by atoms with Gasteiger partial charge in [0.05, 0.1) is 10.9 Å². The van der Waals surface area contributed by atoms with E-state index in [1.54, 1.807) is 41.1 Å². The van der Waals surface area contributed by atoms with E-state index in [9.17, 15) is 24.3 Å². The van der Waals surface area contributed by atoms with E-state index >= 15 is 0 Å². The third-order valence-corrected chi connectivity index (χ3v) is 6.29. The largest absolute Gasteiger partial charge is 0.545 e. The van der Waals surface area contributed by atoms with E-state index in [1.165, 1.54) is 18.2 Å². The van der Waals surface area contributed by atoms with Gasteiger partial charge in [-0.05, 0) is 84.8 Å². The topological polar surface area (TPSA) is 112 Å². The van der Waals surface area contributed by atoms with Crippen molar-refractivity contribution in [3.63, 3.8) is 0 Å². The Morgan fingerprint density at radius 1 is 1.03 bits per heavy atom. The molecule has 1 fully saturated rings. The summed E-state index contributed by atoms with van der Waals surface area (Å²) in [5.41, 5.74) is 3.84. The van der Waals surface area contributed by atoms with Gasteiger partial charge in [0.2, 0.25) is 5.91 Å². The van der Waals surface area contributed by atoms with Crippen LogP contribution in [0.4, 0.5) is 10.5 Å². The number of carboxylic acids is 1. The van der Waals surface area contributed by atoms with Crippen LogP contribution in [0.5, 0.6) is 0 Å². The van der Waals surface area contributed by atoms with Crippen molar-refractivity contribution < 1.29 is 24.3 Å². The van der Waals surface area contributed by atoms with Gasteiger partial charge in [-0.1, -0.05) is 18.2 Å². The van der Waals surface area contributed by atoms with E-state index in [1.807, 2.05) is 26.0 Å². The highest BCUT2D eigenvalue weighted by atomic mass is 32.2. The van der Waals surface area contributed by atoms with Gasteiger partial charge in [-0.25, -0.2) is 0 Å². The summed E-state index contributed by atoms with van der Waals surface area (Å²) in [6.07, 6.45) is 3.25. The van der Waals surface area contributed by atoms with Crippen molar-refractivity contribution in [3.8, 4) is 5.69 Å². The Labute approximate surface area is 199 Å². The predicted octanol–water partition coefficient (Wildman–Crippen LogP) is 3.13. The number of benzene rings is 2. The molecule has 1 N–H and O–H groups in total. The smallest absolute Gasteiger partial charge is 0.294 e. The summed E-state index contributed by atoms with van der Waals surface area (Å²) in [5.74, 6) is -2.34. The molecule has 3 amide bonds. The average Bonchev–Trinajstić information content (AvgIpc) is 3.36. The van der Waals surface area contributed by atoms with E-state index < -0.39 is 29.6 Å². The Balaban J connectivity index is 1.51. The molecule has 3 aromatic rings. The van der Waals surface area contributed by atoms with Crippen molar-refractivity contribution in [3.05, 3.63) is 88.1 Å². The number of imide groups is 1. The van der Waals surface area contributed by atoms with Crippen molar-refractivity contribution in [2.75, 3.05) is 11.9 Å². The molecule has 34 heavy (non-hydrogen) atoms. The van der Waals surface area contributed by atoms with Gasteiger partial charge in [0.25, 0.3) is 11.1 Å². The lowest BCUT2D eigenvalue weighted by atomic mass is 10.1. The van der Waals surface area contributed by atoms with Gasteiger partial charge in [-0.3, -0.25) is 19.3 Å². The number of carbonyl (C=O) groups excluding carboxylic acids is 4. The van der Waals surface area contributed by atoms with Gasteiger partial charge < -0.3 is 19.8 Å². The Morgan fingerprint density at radius 2 is 1.82 bits per heavy atom. The highest BCUT2D eigenvalue weighted by Gasteiger charge is 2.36. The molecule has 2 heterocycles. The summed E-state index contributed by atoms with van der Waals surface area (Å²) < 4.78 is 1.69. The number of carboxylic acid groups (broad SMARTS) is 1. The maximum Gasteiger partial charge on any atom is 0.294 e. The molecular weight excluding hydrogens is 454 g/mol. The van der Waals surface area contributed by atoms with Gasteiger partial charge in [0.1, 0.15) is 6.54 Å². The van der Waals surface area contributed by atoms with Gasteiger partial charge in [0, 0.05) is 23.3 Å². The number of amides is 3. The molecular formula is C25H20N3O5S-. The molecule has 0 atom stereocenters. The van der Waals surface area contributed by atoms with Crippen LogP contribution in [0.2, 0.25) is 0 Å². The first-order chi connectivity index (χ1) is 16.2. The van der Waals surface area contributed by atoms with Gasteiger partial charge >= 0.3 is 0 Å². The zero-order valence-corrected chi connectivity index (χ0v) is 19.2. The standard InChI is InChI=1S/C25H21N3O5S/c1-15-8-9-18(11-16(15)2)26-22(29)14-28-23(30)21(34-25(28)33)13-20-7-4-10-27(20)19-6-3-5-17(12-19)24(31)32/h3-13H,14H2,1-2H3,(H,26,29)(H,31,32)/p-1/b21-13+. The minimum atomic E-state index is -1.30. The number of thioether (sulfide) groups is 1. The number of aromatic nitrogens is 1. The van der Waals surface area contributed by atoms with Gasteiger partial charge in [-0.15, -0.1) is 0 Å². The molecule has 1 aromatic heterocycles. The maximum absolute atomic E-state index is 12.9. The highest BCUT2D eigenvalue weighted by Crippen LogP contribution is 2.32. The van der Waals surface area contributed by atoms with Crippen LogP contribution in [0.25, 0.3) is 11.8 Å². The number of nitrogens with zero attached hydrogens (tertiary/aromatic N) is 2. The molecule has 172 valence electrons. The lowest BCUT2D eigenvalue weighted by molar-refractivity contribution is -0.255. The molecule has 1 aliphatic heterocycles. The summed E-state index contributed by atoms with van der Waals surface area (Å²) >= 11 is 0.746. The third-order valence-electron chi connectivity index (χ3n) is 5.39. The van der Waals surface area contributed by atoms with E-state index in [0.29, 0.717) is 17.1 Å². The number of aryl methyl sites for hydroxylation is 2. The van der Waals surface area contributed by atoms with Crippen molar-refractivity contribution in [2.24, 2.45) is 0 Å². The lowest BCUT2D eigenvalue weighted by Crippen LogP contribution is -2.36. The fourth-order valence-electron chi connectivity index (χ4n) is 3.46. The second-order valence-electron chi connectivity index (χ2n) is 7.76. The van der Waals surface area contributed by atoms with Crippen molar-refractivity contribution in [1.82, 2.24) is 9.47 Å². The highest BCUT2D eigenvalue weighted by molar-refractivity contribution is 8.18. The van der Waals surface area contributed by atoms with Crippen molar-refractivity contribution in [1.29, 1.82) is 0 Å². The number of anilines is 1. The number of rotatable bonds is 6. The van der Waals surface area contributed by atoms with Crippen LogP contribution in [0, 0.1) is 13.8 Å². The Bertz CT molecular complexity index is 1360. The minimum absolute atomic E-state index is 0.0206. The number of hydrogen-bond donors (Lipinski definition) is 1. The number of carbonyl (C=O) groups is 4. The summed E-state index contributed by atoms with van der Waals surface area (Å²) in [6, 6.07) is 15.1. The zero-order chi connectivity index (χ0) is 24.4. The SMILES string of the molecule is Cc1ccc(NC(=O)CN2C(=O)S/C(=C/c3cccn3-c3cccc(C(=O)[O-])c3)C2=O)cc1C. The average molecular weight is 475 g/mol. The summed E-state index contributed by atoms with van der Waals surface area (Å²) in [7, 11) is 0. The first kappa shape index (κ1) is 23.1. The maximum atomic E-state index is 12.9. The molecule has 8 nitrogen and oxygen atoms in total. The van der Waals surface area contributed by atoms with Crippen LogP contribution >= 0.6 is 11.8 Å². The molecule has 1 saturated heterocycles. The third kappa shape index (κ3) is 4.79. The summed E-state index contributed by atoms with van der Waals surface area (Å²) in [6.45, 7) is 3.49. The second-order valence-corrected chi connectivity index (χ2v) is 8.75. The van der Waals surface area contributed by atoms with Crippen molar-refractivity contribution in [2.45, 2.75) is 13.8 Å². The predicted molar refractivity (Wildman–Crippen MR) is 127 cm³/mol. The van der Waals surface area contributed by atoms with Crippen LogP contribution < -0.4 is 10.4 Å². The van der Waals surface area contributed by atoms with Crippen LogP contribution in [-0.4, -0.2) is 39.0 Å². The molecule has 0 spiro atoms. The molecule has 9 heteroatoms. The first-order valence-corrected chi connectivity index (χ1v) is 11.2. The fraction of sp³-hybridized carbons (Fsp3) is 0.120. The van der Waals surface area contributed by atoms with Crippen molar-refractivity contribution >= 4 is 46.5 Å². The molecule has 0 saturated carbocycles. The number of nitrogens with one attached hydrogen (secondary N) is 1. The van der Waals surface area contributed by atoms with Crippen LogP contribution in [0.3, 0.4) is 0 Å². The van der Waals surface area contributed by atoms with E-state index in [-0.39, 0.29) is 10.5 Å². The van der Waals surface area contributed by atoms with Crippen LogP contribution in [-0.2, 0) is 9.59 Å². The normalized spacial score (nSPS) is 14.6. The Kier molecular flexibility index (Phi) is 6.38. The molecule has 4 rings (SSSR count). The lowest BCUT2D eigenvalue weighted by Gasteiger charge is -2.13. The monoisotopic (exact) mass is 474 g/mol. The van der Waals surface area contributed by atoms with Crippen LogP contribution in [0.1, 0.15) is 27.2 Å². The number of hydrogen-bond acceptors (Lipinski definition) is 6. The number of aromatic carboxylic acids is 1. The van der Waals surface area contributed by atoms with Crippen LogP contribution in [0.15, 0.2) is 65.7 Å². The Morgan fingerprint density at radius 3 is 2.56 bits per heavy atom. The molecule has 0 unspecified atom stereocenters. The summed E-state index contributed by atoms with van der Waals surface area (Å²) in [5, 5.41) is 13.4. The van der Waals surface area contributed by atoms with Gasteiger partial charge in [-0.2, -0.15) is 0 Å². The zero-order valence-electron chi connectivity index (χ0n) is 18.4. The molecule has 1 aliphatic rings. The molecule has 0 bridgehead atoms. The fourth-order valence-corrected chi connectivity index (χ4v) is 4.29. The second kappa shape index (κ2) is 9.40. The Hall–Kier alpha value is -4.11. The molecule has 2 aromatic carbocycles. The molecule has 0 radical (unpaired) electrons.